The lowest BCUT2D eigenvalue weighted by molar-refractivity contribution is -0.329. The molecule has 2 saturated heterocycles. The van der Waals surface area contributed by atoms with Gasteiger partial charge in [0.25, 0.3) is 5.56 Å². The predicted molar refractivity (Wildman–Crippen MR) is 218 cm³/mol. The topological polar surface area (TPSA) is 197 Å². The quantitative estimate of drug-likeness (QED) is 0.0768. The van der Waals surface area contributed by atoms with Crippen molar-refractivity contribution in [3.63, 3.8) is 0 Å². The fourth-order valence-electron chi connectivity index (χ4n) is 7.19. The second kappa shape index (κ2) is 21.1. The van der Waals surface area contributed by atoms with E-state index in [1.54, 1.807) is 108 Å². The van der Waals surface area contributed by atoms with E-state index in [9.17, 15) is 39.9 Å². The van der Waals surface area contributed by atoms with E-state index in [2.05, 4.69) is 5.32 Å². The molecule has 0 bridgehead atoms. The minimum atomic E-state index is -2.01. The van der Waals surface area contributed by atoms with Crippen LogP contribution in [0.25, 0.3) is 0 Å². The molecule has 2 aliphatic heterocycles. The third-order valence-electron chi connectivity index (χ3n) is 10.8. The highest BCUT2D eigenvalue weighted by Gasteiger charge is 2.55. The number of Topliss-reactive ketones (excluding diaryl/α,β-unsaturated/α-hetero) is 1. The molecule has 314 valence electrons. The molecule has 0 aliphatic carbocycles. The summed E-state index contributed by atoms with van der Waals surface area (Å²) < 4.78 is 19.1. The van der Waals surface area contributed by atoms with E-state index in [1.165, 1.54) is 17.6 Å². The number of nitrogens with zero attached hydrogens (tertiary/aromatic N) is 1. The highest BCUT2D eigenvalue weighted by Crippen LogP contribution is 2.40. The monoisotopic (exact) mass is 794 g/mol. The van der Waals surface area contributed by atoms with Crippen LogP contribution in [0, 0.1) is 18.8 Å². The molecular weight excluding hydrogens is 732 g/mol. The van der Waals surface area contributed by atoms with E-state index < -0.39 is 65.9 Å². The Bertz CT molecular complexity index is 1820. The first kappa shape index (κ1) is 47.3. The standard InChI is InChI=1S/C44H62N2O11/c1-10-12-14-22-34-43(7,53)33(47)26-44(54,57-34)31(11-2)41(51)45-24-18-17-20-29(5)39(55-9)30(6)40-38(50)37(49)32(56-40)21-16-13-15-19-28(4)36(48)35-27(3)23-25-46(8)42(35)52/h10,12-23,25,30-34,37-40,47,49-50,53-54H,11,24,26H2,1-9H3,(H,45,51)/t30?,31?,32?,33?,34?,37?,38?,39-,40?,43?,44?/m1/s1. The average molecular weight is 795 g/mol. The first-order valence-electron chi connectivity index (χ1n) is 19.3. The van der Waals surface area contributed by atoms with E-state index in [4.69, 9.17) is 14.2 Å². The van der Waals surface area contributed by atoms with Gasteiger partial charge in [0.2, 0.25) is 5.91 Å². The van der Waals surface area contributed by atoms with Crippen LogP contribution in [-0.2, 0) is 26.1 Å². The van der Waals surface area contributed by atoms with Gasteiger partial charge in [-0.15, -0.1) is 0 Å². The van der Waals surface area contributed by atoms with Crippen LogP contribution in [0.1, 0.15) is 70.3 Å². The number of hydrogen-bond acceptors (Lipinski definition) is 11. The van der Waals surface area contributed by atoms with Crippen molar-refractivity contribution in [3.8, 4) is 0 Å². The normalized spacial score (nSPS) is 30.6. The van der Waals surface area contributed by atoms with E-state index in [1.807, 2.05) is 26.8 Å². The molecule has 11 atom stereocenters. The first-order chi connectivity index (χ1) is 26.9. The fourth-order valence-corrected chi connectivity index (χ4v) is 7.19. The molecule has 0 spiro atoms. The number of pyridine rings is 1. The molecule has 2 fully saturated rings. The summed E-state index contributed by atoms with van der Waals surface area (Å²) in [7, 11) is 3.13. The van der Waals surface area contributed by atoms with E-state index in [0.29, 0.717) is 11.1 Å². The van der Waals surface area contributed by atoms with Crippen LogP contribution >= 0.6 is 0 Å². The number of carbonyl (C=O) groups is 2. The van der Waals surface area contributed by atoms with Gasteiger partial charge in [0, 0.05) is 39.2 Å². The van der Waals surface area contributed by atoms with Gasteiger partial charge in [0.05, 0.1) is 29.8 Å². The minimum absolute atomic E-state index is 0.129. The molecule has 57 heavy (non-hydrogen) atoms. The number of hydrogen-bond donors (Lipinski definition) is 6. The summed E-state index contributed by atoms with van der Waals surface area (Å²) in [6.45, 7) is 12.2. The van der Waals surface area contributed by atoms with Crippen molar-refractivity contribution < 1.29 is 49.3 Å². The molecule has 3 heterocycles. The number of aryl methyl sites for hydroxylation is 2. The van der Waals surface area contributed by atoms with Crippen molar-refractivity contribution in [2.45, 2.75) is 115 Å². The summed E-state index contributed by atoms with van der Waals surface area (Å²) in [5.41, 5.74) is -0.110. The Morgan fingerprint density at radius 1 is 1.05 bits per heavy atom. The third-order valence-corrected chi connectivity index (χ3v) is 10.8. The van der Waals surface area contributed by atoms with Crippen molar-refractivity contribution in [2.24, 2.45) is 18.9 Å². The smallest absolute Gasteiger partial charge is 0.261 e. The summed E-state index contributed by atoms with van der Waals surface area (Å²) in [5.74, 6) is -4.24. The van der Waals surface area contributed by atoms with Crippen LogP contribution in [0.2, 0.25) is 0 Å². The number of carbonyl (C=O) groups excluding carboxylic acids is 2. The number of allylic oxidation sites excluding steroid dienone is 10. The van der Waals surface area contributed by atoms with Crippen molar-refractivity contribution >= 4 is 11.7 Å². The summed E-state index contributed by atoms with van der Waals surface area (Å²) in [6.07, 6.45) is 14.8. The van der Waals surface area contributed by atoms with Gasteiger partial charge in [-0.3, -0.25) is 14.4 Å². The zero-order valence-electron chi connectivity index (χ0n) is 34.5. The second-order valence-corrected chi connectivity index (χ2v) is 15.1. The summed E-state index contributed by atoms with van der Waals surface area (Å²) in [5, 5.41) is 57.5. The Morgan fingerprint density at radius 3 is 2.39 bits per heavy atom. The number of aliphatic hydroxyl groups excluding tert-OH is 3. The highest BCUT2D eigenvalue weighted by atomic mass is 16.6. The van der Waals surface area contributed by atoms with Gasteiger partial charge in [0.15, 0.2) is 11.6 Å². The molecule has 6 N–H and O–H groups in total. The summed E-state index contributed by atoms with van der Waals surface area (Å²) in [6, 6.07) is 1.72. The number of amides is 1. The van der Waals surface area contributed by atoms with Crippen LogP contribution < -0.4 is 10.9 Å². The van der Waals surface area contributed by atoms with Crippen molar-refractivity contribution in [3.05, 3.63) is 118 Å². The Labute approximate surface area is 336 Å². The molecule has 10 unspecified atom stereocenters. The number of aliphatic hydroxyl groups is 5. The van der Waals surface area contributed by atoms with Crippen molar-refractivity contribution in [1.82, 2.24) is 9.88 Å². The molecule has 13 heteroatoms. The molecule has 0 radical (unpaired) electrons. The number of aromatic nitrogens is 1. The molecule has 13 nitrogen and oxygen atoms in total. The van der Waals surface area contributed by atoms with E-state index in [0.717, 1.165) is 5.57 Å². The number of nitrogens with one attached hydrogen (secondary N) is 1. The first-order valence-corrected chi connectivity index (χ1v) is 19.3. The van der Waals surface area contributed by atoms with Gasteiger partial charge in [-0.25, -0.2) is 0 Å². The maximum absolute atomic E-state index is 13.2. The molecule has 1 aromatic heterocycles. The molecule has 2 aliphatic rings. The molecule has 3 rings (SSSR count). The minimum Gasteiger partial charge on any atom is -0.390 e. The predicted octanol–water partition coefficient (Wildman–Crippen LogP) is 3.44. The van der Waals surface area contributed by atoms with Crippen LogP contribution in [0.5, 0.6) is 0 Å². The fraction of sp³-hybridized carbons (Fsp3) is 0.523. The van der Waals surface area contributed by atoms with Crippen LogP contribution in [0.4, 0.5) is 0 Å². The number of rotatable bonds is 17. The zero-order valence-corrected chi connectivity index (χ0v) is 34.5. The van der Waals surface area contributed by atoms with Gasteiger partial charge in [-0.05, 0) is 63.8 Å². The van der Waals surface area contributed by atoms with Crippen molar-refractivity contribution in [1.29, 1.82) is 0 Å². The van der Waals surface area contributed by atoms with E-state index >= 15 is 0 Å². The maximum atomic E-state index is 13.2. The Balaban J connectivity index is 1.59. The zero-order chi connectivity index (χ0) is 42.7. The summed E-state index contributed by atoms with van der Waals surface area (Å²) in [4.78, 5) is 38.6. The molecule has 1 aromatic rings. The van der Waals surface area contributed by atoms with Crippen LogP contribution in [0.15, 0.2) is 101 Å². The molecule has 1 amide bonds. The molecule has 0 saturated carbocycles. The van der Waals surface area contributed by atoms with Crippen LogP contribution in [-0.4, -0.2) is 110 Å². The van der Waals surface area contributed by atoms with Gasteiger partial charge in [0.1, 0.15) is 30.0 Å². The van der Waals surface area contributed by atoms with Gasteiger partial charge in [-0.2, -0.15) is 0 Å². The second-order valence-electron chi connectivity index (χ2n) is 15.1. The molecular formula is C44H62N2O11. The number of ketones is 1. The van der Waals surface area contributed by atoms with Gasteiger partial charge >= 0.3 is 0 Å². The number of ether oxygens (including phenoxy) is 3. The third kappa shape index (κ3) is 11.5. The lowest BCUT2D eigenvalue weighted by Gasteiger charge is -2.49. The van der Waals surface area contributed by atoms with Gasteiger partial charge in [-0.1, -0.05) is 86.8 Å². The van der Waals surface area contributed by atoms with E-state index in [-0.39, 0.29) is 42.2 Å². The molecule has 0 aromatic carbocycles. The lowest BCUT2D eigenvalue weighted by atomic mass is 9.79. The van der Waals surface area contributed by atoms with Crippen molar-refractivity contribution in [2.75, 3.05) is 13.7 Å². The Morgan fingerprint density at radius 2 is 1.74 bits per heavy atom. The largest absolute Gasteiger partial charge is 0.390 e. The maximum Gasteiger partial charge on any atom is 0.261 e. The van der Waals surface area contributed by atoms with Crippen LogP contribution in [0.3, 0.4) is 0 Å². The lowest BCUT2D eigenvalue weighted by Crippen LogP contribution is -2.64. The Kier molecular flexibility index (Phi) is 17.5. The number of methoxy groups -OCH3 is 1. The Hall–Kier alpha value is -4.05. The highest BCUT2D eigenvalue weighted by molar-refractivity contribution is 6.09. The average Bonchev–Trinajstić information content (AvgIpc) is 3.44. The van der Waals surface area contributed by atoms with Gasteiger partial charge < -0.3 is 49.6 Å². The SMILES string of the molecule is CC=CC=CC1OC(O)(C(CC)C(=O)NCC=CC=C(C)[C@@H](OC)C(C)C2OC(C=CC=CC=C(C)C(=O)c3c(C)ccn(C)c3=O)C(O)C2O)CC(O)C1(C)O. The summed E-state index contributed by atoms with van der Waals surface area (Å²) >= 11 is 0.